The zero-order valence-corrected chi connectivity index (χ0v) is 12.0. The molecular weight excluding hydrogens is 317 g/mol. The summed E-state index contributed by atoms with van der Waals surface area (Å²) in [4.78, 5) is 27.6. The summed E-state index contributed by atoms with van der Waals surface area (Å²) in [6.45, 7) is 0. The van der Waals surface area contributed by atoms with Gasteiger partial charge in [0.25, 0.3) is 0 Å². The lowest BCUT2D eigenvalue weighted by Gasteiger charge is -2.08. The molecule has 8 heteroatoms. The molecule has 2 rings (SSSR count). The Morgan fingerprint density at radius 1 is 1.23 bits per heavy atom. The molecule has 0 saturated heterocycles. The van der Waals surface area contributed by atoms with Crippen LogP contribution in [-0.2, 0) is 11.0 Å². The van der Waals surface area contributed by atoms with Gasteiger partial charge in [-0.05, 0) is 23.6 Å². The zero-order valence-electron chi connectivity index (χ0n) is 11.2. The largest absolute Gasteiger partial charge is 0.416 e. The third-order valence-corrected chi connectivity index (χ3v) is 3.64. The maximum Gasteiger partial charge on any atom is 0.416 e. The number of anilines is 1. The van der Waals surface area contributed by atoms with Crippen molar-refractivity contribution < 1.29 is 22.8 Å². The van der Waals surface area contributed by atoms with Crippen molar-refractivity contribution >= 4 is 28.8 Å². The van der Waals surface area contributed by atoms with Gasteiger partial charge in [0.15, 0.2) is 5.78 Å². The summed E-state index contributed by atoms with van der Waals surface area (Å²) in [5.41, 5.74) is -0.896. The molecule has 2 aromatic rings. The Labute approximate surface area is 128 Å². The van der Waals surface area contributed by atoms with Gasteiger partial charge in [-0.15, -0.1) is 11.3 Å². The average Bonchev–Trinajstić information content (AvgIpc) is 2.98. The second-order valence-corrected chi connectivity index (χ2v) is 5.32. The minimum absolute atomic E-state index is 0.00862. The Balaban J connectivity index is 1.91. The van der Waals surface area contributed by atoms with Crippen molar-refractivity contribution in [1.29, 1.82) is 0 Å². The van der Waals surface area contributed by atoms with Crippen LogP contribution in [-0.4, -0.2) is 16.7 Å². The van der Waals surface area contributed by atoms with Gasteiger partial charge >= 0.3 is 6.18 Å². The SMILES string of the molecule is O=C(CCC(=O)c1cccs1)Nc1cc(C(F)(F)F)ccn1. The van der Waals surface area contributed by atoms with Gasteiger partial charge in [-0.2, -0.15) is 13.2 Å². The number of amides is 1. The lowest BCUT2D eigenvalue weighted by molar-refractivity contribution is -0.137. The van der Waals surface area contributed by atoms with Gasteiger partial charge in [-0.25, -0.2) is 4.98 Å². The topological polar surface area (TPSA) is 59.1 Å². The molecule has 0 aliphatic carbocycles. The molecule has 2 heterocycles. The number of carbonyl (C=O) groups excluding carboxylic acids is 2. The third kappa shape index (κ3) is 4.39. The maximum atomic E-state index is 12.5. The van der Waals surface area contributed by atoms with Crippen LogP contribution in [0, 0.1) is 0 Å². The molecule has 22 heavy (non-hydrogen) atoms. The predicted molar refractivity (Wildman–Crippen MR) is 75.8 cm³/mol. The highest BCUT2D eigenvalue weighted by Crippen LogP contribution is 2.29. The summed E-state index contributed by atoms with van der Waals surface area (Å²) in [7, 11) is 0. The molecule has 0 radical (unpaired) electrons. The summed E-state index contributed by atoms with van der Waals surface area (Å²) in [6.07, 6.45) is -3.66. The van der Waals surface area contributed by atoms with Crippen LogP contribution < -0.4 is 5.32 Å². The normalized spacial score (nSPS) is 11.2. The average molecular weight is 328 g/mol. The molecule has 0 aliphatic rings. The number of hydrogen-bond acceptors (Lipinski definition) is 4. The first kappa shape index (κ1) is 16.2. The van der Waals surface area contributed by atoms with Crippen LogP contribution in [0.25, 0.3) is 0 Å². The lowest BCUT2D eigenvalue weighted by atomic mass is 10.2. The zero-order chi connectivity index (χ0) is 16.2. The van der Waals surface area contributed by atoms with Crippen LogP contribution in [0.2, 0.25) is 0 Å². The van der Waals surface area contributed by atoms with E-state index in [4.69, 9.17) is 0 Å². The van der Waals surface area contributed by atoms with Gasteiger partial charge < -0.3 is 5.32 Å². The van der Waals surface area contributed by atoms with Crippen LogP contribution in [0.4, 0.5) is 19.0 Å². The highest BCUT2D eigenvalue weighted by Gasteiger charge is 2.30. The number of ketones is 1. The highest BCUT2D eigenvalue weighted by atomic mass is 32.1. The van der Waals surface area contributed by atoms with E-state index in [1.54, 1.807) is 17.5 Å². The van der Waals surface area contributed by atoms with Crippen LogP contribution in [0.5, 0.6) is 0 Å². The summed E-state index contributed by atoms with van der Waals surface area (Å²) in [5.74, 6) is -0.928. The number of aromatic nitrogens is 1. The Bertz CT molecular complexity index is 669. The second kappa shape index (κ2) is 6.69. The van der Waals surface area contributed by atoms with Crippen molar-refractivity contribution in [3.63, 3.8) is 0 Å². The summed E-state index contributed by atoms with van der Waals surface area (Å²) >= 11 is 1.27. The Morgan fingerprint density at radius 2 is 2.00 bits per heavy atom. The Hall–Kier alpha value is -2.22. The monoisotopic (exact) mass is 328 g/mol. The molecule has 0 aliphatic heterocycles. The summed E-state index contributed by atoms with van der Waals surface area (Å²) < 4.78 is 37.6. The minimum atomic E-state index is -4.50. The minimum Gasteiger partial charge on any atom is -0.311 e. The van der Waals surface area contributed by atoms with Crippen LogP contribution in [0.1, 0.15) is 28.1 Å². The van der Waals surface area contributed by atoms with Gasteiger partial charge in [0.2, 0.25) is 5.91 Å². The van der Waals surface area contributed by atoms with Gasteiger partial charge in [-0.1, -0.05) is 6.07 Å². The molecule has 0 atom stereocenters. The maximum absolute atomic E-state index is 12.5. The fourth-order valence-corrected chi connectivity index (χ4v) is 2.36. The Kier molecular flexibility index (Phi) is 4.92. The van der Waals surface area contributed by atoms with E-state index in [-0.39, 0.29) is 24.4 Å². The number of pyridine rings is 1. The Morgan fingerprint density at radius 3 is 2.64 bits per heavy atom. The first-order valence-electron chi connectivity index (χ1n) is 6.26. The number of hydrogen-bond donors (Lipinski definition) is 1. The summed E-state index contributed by atoms with van der Waals surface area (Å²) in [6, 6.07) is 4.94. The number of nitrogens with one attached hydrogen (secondary N) is 1. The molecule has 2 aromatic heterocycles. The van der Waals surface area contributed by atoms with E-state index in [9.17, 15) is 22.8 Å². The van der Waals surface area contributed by atoms with Crippen molar-refractivity contribution in [3.8, 4) is 0 Å². The van der Waals surface area contributed by atoms with Crippen LogP contribution >= 0.6 is 11.3 Å². The van der Waals surface area contributed by atoms with E-state index in [1.807, 2.05) is 0 Å². The highest BCUT2D eigenvalue weighted by molar-refractivity contribution is 7.12. The first-order chi connectivity index (χ1) is 10.4. The number of alkyl halides is 3. The fourth-order valence-electron chi connectivity index (χ4n) is 1.67. The third-order valence-electron chi connectivity index (χ3n) is 2.73. The number of Topliss-reactive ketones (excluding diaryl/α,β-unsaturated/α-hetero) is 1. The van der Waals surface area contributed by atoms with Gasteiger partial charge in [0.1, 0.15) is 5.82 Å². The molecular formula is C14H11F3N2O2S. The molecule has 0 unspecified atom stereocenters. The number of nitrogens with zero attached hydrogens (tertiary/aromatic N) is 1. The molecule has 1 amide bonds. The molecule has 0 spiro atoms. The van der Waals surface area contributed by atoms with E-state index in [1.165, 1.54) is 11.3 Å². The smallest absolute Gasteiger partial charge is 0.311 e. The van der Waals surface area contributed by atoms with E-state index in [0.717, 1.165) is 18.3 Å². The quantitative estimate of drug-likeness (QED) is 0.850. The standard InChI is InChI=1S/C14H11F3N2O2S/c15-14(16,17)9-5-6-18-12(8-9)19-13(21)4-3-10(20)11-2-1-7-22-11/h1-2,5-8H,3-4H2,(H,18,19,21). The fraction of sp³-hybridized carbons (Fsp3) is 0.214. The second-order valence-electron chi connectivity index (χ2n) is 4.38. The van der Waals surface area contributed by atoms with Gasteiger partial charge in [0.05, 0.1) is 10.4 Å². The number of thiophene rings is 1. The van der Waals surface area contributed by atoms with Gasteiger partial charge in [0, 0.05) is 19.0 Å². The van der Waals surface area contributed by atoms with Crippen molar-refractivity contribution in [3.05, 3.63) is 46.3 Å². The molecule has 0 bridgehead atoms. The van der Waals surface area contributed by atoms with Crippen molar-refractivity contribution in [1.82, 2.24) is 4.98 Å². The molecule has 116 valence electrons. The molecule has 0 aromatic carbocycles. The van der Waals surface area contributed by atoms with E-state index < -0.39 is 17.6 Å². The van der Waals surface area contributed by atoms with Crippen LogP contribution in [0.3, 0.4) is 0 Å². The van der Waals surface area contributed by atoms with E-state index in [0.29, 0.717) is 4.88 Å². The van der Waals surface area contributed by atoms with Crippen LogP contribution in [0.15, 0.2) is 35.8 Å². The van der Waals surface area contributed by atoms with Crippen molar-refractivity contribution in [2.24, 2.45) is 0 Å². The molecule has 0 saturated carbocycles. The van der Waals surface area contributed by atoms with Gasteiger partial charge in [-0.3, -0.25) is 9.59 Å². The predicted octanol–water partition coefficient (Wildman–Crippen LogP) is 3.76. The molecule has 4 nitrogen and oxygen atoms in total. The van der Waals surface area contributed by atoms with Crippen molar-refractivity contribution in [2.75, 3.05) is 5.32 Å². The van der Waals surface area contributed by atoms with E-state index >= 15 is 0 Å². The van der Waals surface area contributed by atoms with E-state index in [2.05, 4.69) is 10.3 Å². The molecule has 1 N–H and O–H groups in total. The number of halogens is 3. The molecule has 0 fully saturated rings. The van der Waals surface area contributed by atoms with Crippen molar-refractivity contribution in [2.45, 2.75) is 19.0 Å². The number of carbonyl (C=O) groups is 2. The summed E-state index contributed by atoms with van der Waals surface area (Å²) in [5, 5.41) is 4.01. The number of rotatable bonds is 5. The lowest BCUT2D eigenvalue weighted by Crippen LogP contribution is -2.15. The first-order valence-corrected chi connectivity index (χ1v) is 7.14.